The Morgan fingerprint density at radius 2 is 2.07 bits per heavy atom. The van der Waals surface area contributed by atoms with E-state index in [0.717, 1.165) is 16.5 Å². The topological polar surface area (TPSA) is 108 Å². The smallest absolute Gasteiger partial charge is 0.323 e. The average molecular weight is 393 g/mol. The highest BCUT2D eigenvalue weighted by Crippen LogP contribution is 2.51. The van der Waals surface area contributed by atoms with Crippen molar-refractivity contribution >= 4 is 34.5 Å². The molecule has 2 aromatic rings. The molecular weight excluding hydrogens is 372 g/mol. The summed E-state index contributed by atoms with van der Waals surface area (Å²) in [7, 11) is 0. The molecule has 0 aliphatic carbocycles. The molecule has 2 atom stereocenters. The van der Waals surface area contributed by atoms with Crippen molar-refractivity contribution in [3.8, 4) is 0 Å². The lowest BCUT2D eigenvalue weighted by Gasteiger charge is -2.42. The van der Waals surface area contributed by atoms with Crippen LogP contribution in [-0.4, -0.2) is 56.5 Å². The summed E-state index contributed by atoms with van der Waals surface area (Å²) in [6.07, 6.45) is 2.43. The highest BCUT2D eigenvalue weighted by atomic mass is 35.5. The van der Waals surface area contributed by atoms with Gasteiger partial charge in [-0.15, -0.1) is 0 Å². The fourth-order valence-electron chi connectivity index (χ4n) is 4.49. The number of rotatable bonds is 3. The van der Waals surface area contributed by atoms with Gasteiger partial charge in [0.1, 0.15) is 12.6 Å². The predicted octanol–water partition coefficient (Wildman–Crippen LogP) is 1.96. The Hall–Kier alpha value is -2.32. The van der Waals surface area contributed by atoms with Crippen LogP contribution in [0.5, 0.6) is 0 Å². The molecule has 1 aromatic carbocycles. The first-order chi connectivity index (χ1) is 12.8. The lowest BCUT2D eigenvalue weighted by atomic mass is 9.75. The second kappa shape index (κ2) is 6.38. The number of aliphatic hydroxyl groups is 1. The number of carboxylic acid groups (broad SMARTS) is 1. The van der Waals surface area contributed by atoms with Crippen molar-refractivity contribution in [1.29, 1.82) is 0 Å². The minimum absolute atomic E-state index is 0.116. The first-order valence-corrected chi connectivity index (χ1v) is 9.30. The van der Waals surface area contributed by atoms with Gasteiger partial charge in [0.25, 0.3) is 0 Å². The van der Waals surface area contributed by atoms with Gasteiger partial charge in [0.15, 0.2) is 0 Å². The number of likely N-dealkylation sites (tertiary alicyclic amines) is 1. The molecule has 27 heavy (non-hydrogen) atoms. The Bertz CT molecular complexity index is 921. The number of hydrogen-bond donors (Lipinski definition) is 3. The molecule has 2 aliphatic heterocycles. The Morgan fingerprint density at radius 1 is 1.37 bits per heavy atom. The minimum Gasteiger partial charge on any atom is -0.480 e. The number of carbonyl (C=O) groups is 2. The Morgan fingerprint density at radius 3 is 2.74 bits per heavy atom. The highest BCUT2D eigenvalue weighted by Gasteiger charge is 2.50. The van der Waals surface area contributed by atoms with Gasteiger partial charge in [0.05, 0.1) is 17.3 Å². The summed E-state index contributed by atoms with van der Waals surface area (Å²) in [4.78, 5) is 24.3. The van der Waals surface area contributed by atoms with Crippen LogP contribution < -0.4 is 5.32 Å². The maximum atomic E-state index is 12.1. The van der Waals surface area contributed by atoms with Crippen molar-refractivity contribution in [1.82, 2.24) is 20.0 Å². The zero-order valence-electron chi connectivity index (χ0n) is 14.9. The summed E-state index contributed by atoms with van der Waals surface area (Å²) in [5.74, 6) is -0.954. The molecule has 1 aromatic heterocycles. The SMILES string of the molecule is CC1(C2CCN(C(=O)NCC(=O)O)CC2)[C@H](O)c2cc(Cl)cc3cnn1c23. The van der Waals surface area contributed by atoms with Crippen LogP contribution in [0.25, 0.3) is 10.9 Å². The first-order valence-electron chi connectivity index (χ1n) is 8.92. The van der Waals surface area contributed by atoms with Gasteiger partial charge >= 0.3 is 12.0 Å². The number of piperidine rings is 1. The van der Waals surface area contributed by atoms with E-state index in [1.165, 1.54) is 0 Å². The van der Waals surface area contributed by atoms with E-state index in [9.17, 15) is 14.7 Å². The largest absolute Gasteiger partial charge is 0.480 e. The molecule has 0 bridgehead atoms. The van der Waals surface area contributed by atoms with E-state index in [-0.39, 0.29) is 11.9 Å². The number of halogens is 1. The molecule has 0 spiro atoms. The lowest BCUT2D eigenvalue weighted by Crippen LogP contribution is -2.50. The number of amides is 2. The molecule has 0 radical (unpaired) electrons. The zero-order chi connectivity index (χ0) is 19.3. The number of aliphatic hydroxyl groups excluding tert-OH is 1. The Labute approximate surface area is 160 Å². The van der Waals surface area contributed by atoms with Crippen molar-refractivity contribution in [2.75, 3.05) is 19.6 Å². The Kier molecular flexibility index (Phi) is 4.27. The van der Waals surface area contributed by atoms with Crippen LogP contribution in [0.2, 0.25) is 5.02 Å². The third-order valence-electron chi connectivity index (χ3n) is 5.96. The summed E-state index contributed by atoms with van der Waals surface area (Å²) in [6.45, 7) is 2.61. The molecule has 3 N–H and O–H groups in total. The van der Waals surface area contributed by atoms with Gasteiger partial charge in [-0.2, -0.15) is 5.10 Å². The van der Waals surface area contributed by atoms with Crippen molar-refractivity contribution in [2.24, 2.45) is 5.92 Å². The van der Waals surface area contributed by atoms with E-state index >= 15 is 0 Å². The van der Waals surface area contributed by atoms with Gasteiger partial charge < -0.3 is 20.4 Å². The van der Waals surface area contributed by atoms with E-state index < -0.39 is 24.2 Å². The van der Waals surface area contributed by atoms with E-state index in [1.807, 2.05) is 17.7 Å². The van der Waals surface area contributed by atoms with Crippen LogP contribution in [0.15, 0.2) is 18.3 Å². The number of nitrogens with zero attached hydrogens (tertiary/aromatic N) is 3. The Balaban J connectivity index is 1.53. The number of carboxylic acids is 1. The molecular formula is C18H21ClN4O4. The summed E-state index contributed by atoms with van der Waals surface area (Å²) in [5, 5.41) is 28.2. The number of benzene rings is 1. The van der Waals surface area contributed by atoms with Gasteiger partial charge in [-0.05, 0) is 37.8 Å². The third kappa shape index (κ3) is 2.74. The quantitative estimate of drug-likeness (QED) is 0.740. The number of carbonyl (C=O) groups excluding carboxylic acids is 1. The van der Waals surface area contributed by atoms with E-state index in [4.69, 9.17) is 16.7 Å². The molecule has 9 heteroatoms. The molecule has 3 heterocycles. The molecule has 1 fully saturated rings. The van der Waals surface area contributed by atoms with Gasteiger partial charge in [-0.3, -0.25) is 9.48 Å². The third-order valence-corrected chi connectivity index (χ3v) is 6.18. The van der Waals surface area contributed by atoms with Crippen LogP contribution in [0.1, 0.15) is 31.4 Å². The van der Waals surface area contributed by atoms with Gasteiger partial charge in [0.2, 0.25) is 0 Å². The fraction of sp³-hybridized carbons (Fsp3) is 0.500. The van der Waals surface area contributed by atoms with Crippen LogP contribution in [0, 0.1) is 5.92 Å². The normalized spacial score (nSPS) is 25.1. The van der Waals surface area contributed by atoms with Crippen molar-refractivity contribution in [2.45, 2.75) is 31.4 Å². The molecule has 1 unspecified atom stereocenters. The molecule has 1 saturated heterocycles. The predicted molar refractivity (Wildman–Crippen MR) is 98.7 cm³/mol. The van der Waals surface area contributed by atoms with Crippen LogP contribution >= 0.6 is 11.6 Å². The van der Waals surface area contributed by atoms with E-state index in [1.54, 1.807) is 17.2 Å². The van der Waals surface area contributed by atoms with Crippen molar-refractivity contribution in [3.63, 3.8) is 0 Å². The maximum Gasteiger partial charge on any atom is 0.323 e. The molecule has 144 valence electrons. The second-order valence-corrected chi connectivity index (χ2v) is 7.87. The number of urea groups is 1. The highest BCUT2D eigenvalue weighted by molar-refractivity contribution is 6.31. The van der Waals surface area contributed by atoms with Crippen LogP contribution in [0.4, 0.5) is 4.79 Å². The maximum absolute atomic E-state index is 12.1. The summed E-state index contributed by atoms with van der Waals surface area (Å²) >= 11 is 6.19. The molecule has 8 nitrogen and oxygen atoms in total. The average Bonchev–Trinajstić information content (AvgIpc) is 3.16. The zero-order valence-corrected chi connectivity index (χ0v) is 15.6. The minimum atomic E-state index is -1.07. The van der Waals surface area contributed by atoms with E-state index in [2.05, 4.69) is 10.4 Å². The van der Waals surface area contributed by atoms with Gasteiger partial charge in [0, 0.05) is 29.1 Å². The van der Waals surface area contributed by atoms with E-state index in [0.29, 0.717) is 31.0 Å². The number of aromatic nitrogens is 2. The number of hydrogen-bond acceptors (Lipinski definition) is 4. The number of nitrogens with one attached hydrogen (secondary N) is 1. The monoisotopic (exact) mass is 392 g/mol. The summed E-state index contributed by atoms with van der Waals surface area (Å²) in [5.41, 5.74) is 1.09. The molecule has 2 amide bonds. The van der Waals surface area contributed by atoms with Crippen LogP contribution in [-0.2, 0) is 10.3 Å². The van der Waals surface area contributed by atoms with Crippen LogP contribution in [0.3, 0.4) is 0 Å². The lowest BCUT2D eigenvalue weighted by molar-refractivity contribution is -0.135. The number of aliphatic carboxylic acids is 1. The van der Waals surface area contributed by atoms with Crippen molar-refractivity contribution < 1.29 is 19.8 Å². The van der Waals surface area contributed by atoms with Gasteiger partial charge in [-0.25, -0.2) is 4.79 Å². The fourth-order valence-corrected chi connectivity index (χ4v) is 4.73. The molecule has 2 aliphatic rings. The van der Waals surface area contributed by atoms with Crippen molar-refractivity contribution in [3.05, 3.63) is 28.9 Å². The summed E-state index contributed by atoms with van der Waals surface area (Å²) in [6, 6.07) is 3.27. The first kappa shape index (κ1) is 18.1. The summed E-state index contributed by atoms with van der Waals surface area (Å²) < 4.78 is 1.91. The second-order valence-electron chi connectivity index (χ2n) is 7.43. The molecule has 4 rings (SSSR count). The standard InChI is InChI=1S/C18H21ClN4O4/c1-18(11-2-4-22(5-3-11)17(27)20-9-14(24)25)16(26)13-7-12(19)6-10-8-21-23(18)15(10)13/h6-8,11,16,26H,2-5,9H2,1H3,(H,20,27)(H,24,25)/t16-,18?/m1/s1. The van der Waals surface area contributed by atoms with Gasteiger partial charge in [-0.1, -0.05) is 11.6 Å². The molecule has 0 saturated carbocycles.